The van der Waals surface area contributed by atoms with Crippen LogP contribution in [0.15, 0.2) is 0 Å². The molecule has 0 spiro atoms. The van der Waals surface area contributed by atoms with E-state index in [2.05, 4.69) is 23.8 Å². The molecule has 1 heterocycles. The Kier molecular flexibility index (Phi) is 5.88. The molecule has 0 bridgehead atoms. The fourth-order valence-corrected chi connectivity index (χ4v) is 2.40. The molecule has 2 unspecified atom stereocenters. The summed E-state index contributed by atoms with van der Waals surface area (Å²) in [6, 6.07) is 0.0844. The Balaban J connectivity index is 2.58. The molecule has 0 radical (unpaired) electrons. The first kappa shape index (κ1) is 14.4. The molecule has 1 fully saturated rings. The van der Waals surface area contributed by atoms with Crippen molar-refractivity contribution >= 4 is 5.97 Å². The molecule has 0 aromatic heterocycles. The number of carboxylic acid groups (broad SMARTS) is 1. The number of hydrogen-bond acceptors (Lipinski definition) is 4. The molecule has 0 amide bonds. The van der Waals surface area contributed by atoms with Crippen LogP contribution >= 0.6 is 0 Å². The van der Waals surface area contributed by atoms with Gasteiger partial charge in [-0.15, -0.1) is 0 Å². The van der Waals surface area contributed by atoms with Gasteiger partial charge in [0.2, 0.25) is 0 Å². The van der Waals surface area contributed by atoms with Gasteiger partial charge in [0.05, 0.1) is 13.0 Å². The molecule has 1 N–H and O–H groups in total. The predicted molar refractivity (Wildman–Crippen MR) is 66.2 cm³/mol. The molecule has 1 aliphatic rings. The lowest BCUT2D eigenvalue weighted by molar-refractivity contribution is -0.139. The molecule has 2 atom stereocenters. The summed E-state index contributed by atoms with van der Waals surface area (Å²) in [5.41, 5.74) is 0. The topological polar surface area (TPSA) is 53.0 Å². The summed E-state index contributed by atoms with van der Waals surface area (Å²) in [6.45, 7) is 6.59. The minimum Gasteiger partial charge on any atom is -0.481 e. The zero-order valence-electron chi connectivity index (χ0n) is 11.1. The number of piperazine rings is 1. The number of nitrogens with zero attached hydrogens (tertiary/aromatic N) is 2. The van der Waals surface area contributed by atoms with Crippen LogP contribution in [0.1, 0.15) is 13.3 Å². The Bertz CT molecular complexity index is 240. The summed E-state index contributed by atoms with van der Waals surface area (Å²) >= 11 is 0. The van der Waals surface area contributed by atoms with Crippen LogP contribution < -0.4 is 0 Å². The molecule has 0 aliphatic carbocycles. The molecule has 5 nitrogen and oxygen atoms in total. The second kappa shape index (κ2) is 6.93. The van der Waals surface area contributed by atoms with E-state index in [4.69, 9.17) is 9.84 Å². The molecular formula is C12H24N2O3. The van der Waals surface area contributed by atoms with Gasteiger partial charge >= 0.3 is 5.97 Å². The van der Waals surface area contributed by atoms with Gasteiger partial charge < -0.3 is 14.7 Å². The van der Waals surface area contributed by atoms with E-state index in [9.17, 15) is 4.79 Å². The molecule has 0 saturated carbocycles. The molecule has 0 aromatic rings. The molecular weight excluding hydrogens is 220 g/mol. The highest BCUT2D eigenvalue weighted by molar-refractivity contribution is 5.67. The van der Waals surface area contributed by atoms with E-state index in [1.807, 2.05) is 0 Å². The second-order valence-electron chi connectivity index (χ2n) is 4.94. The fourth-order valence-electron chi connectivity index (χ4n) is 2.40. The summed E-state index contributed by atoms with van der Waals surface area (Å²) in [5.74, 6) is -0.476. The molecule has 1 saturated heterocycles. The van der Waals surface area contributed by atoms with E-state index in [0.29, 0.717) is 6.61 Å². The fraction of sp³-hybridized carbons (Fsp3) is 0.917. The zero-order chi connectivity index (χ0) is 12.8. The van der Waals surface area contributed by atoms with Crippen molar-refractivity contribution in [2.75, 3.05) is 46.9 Å². The van der Waals surface area contributed by atoms with Gasteiger partial charge in [-0.1, -0.05) is 6.92 Å². The van der Waals surface area contributed by atoms with Crippen LogP contribution in [0, 0.1) is 5.92 Å². The van der Waals surface area contributed by atoms with Crippen molar-refractivity contribution in [1.82, 2.24) is 9.80 Å². The first-order chi connectivity index (χ1) is 8.04. The summed E-state index contributed by atoms with van der Waals surface area (Å²) < 4.78 is 5.15. The van der Waals surface area contributed by atoms with E-state index in [1.54, 1.807) is 7.11 Å². The number of ether oxygens (including phenoxy) is 1. The van der Waals surface area contributed by atoms with Crippen molar-refractivity contribution in [2.45, 2.75) is 19.4 Å². The highest BCUT2D eigenvalue weighted by Gasteiger charge is 2.28. The zero-order valence-corrected chi connectivity index (χ0v) is 11.1. The summed E-state index contributed by atoms with van der Waals surface area (Å²) in [7, 11) is 3.76. The molecule has 5 heteroatoms. The summed E-state index contributed by atoms with van der Waals surface area (Å²) in [4.78, 5) is 15.5. The Morgan fingerprint density at radius 2 is 1.94 bits per heavy atom. The van der Waals surface area contributed by atoms with E-state index in [-0.39, 0.29) is 18.4 Å². The van der Waals surface area contributed by atoms with E-state index < -0.39 is 5.97 Å². The van der Waals surface area contributed by atoms with Crippen molar-refractivity contribution < 1.29 is 14.6 Å². The molecule has 17 heavy (non-hydrogen) atoms. The number of hydrogen-bond donors (Lipinski definition) is 1. The van der Waals surface area contributed by atoms with Gasteiger partial charge in [0.15, 0.2) is 0 Å². The lowest BCUT2D eigenvalue weighted by Gasteiger charge is -2.39. The third-order valence-corrected chi connectivity index (χ3v) is 3.48. The first-order valence-corrected chi connectivity index (χ1v) is 6.18. The van der Waals surface area contributed by atoms with Crippen LogP contribution in [-0.4, -0.2) is 73.9 Å². The van der Waals surface area contributed by atoms with E-state index in [0.717, 1.165) is 26.2 Å². The maximum atomic E-state index is 10.9. The summed E-state index contributed by atoms with van der Waals surface area (Å²) in [5, 5.41) is 9.01. The minimum absolute atomic E-state index is 0.0844. The van der Waals surface area contributed by atoms with Crippen LogP contribution in [0.2, 0.25) is 0 Å². The minimum atomic E-state index is -0.725. The van der Waals surface area contributed by atoms with Crippen molar-refractivity contribution in [1.29, 1.82) is 0 Å². The van der Waals surface area contributed by atoms with Crippen LogP contribution in [0.25, 0.3) is 0 Å². The van der Waals surface area contributed by atoms with Crippen LogP contribution in [0.5, 0.6) is 0 Å². The van der Waals surface area contributed by atoms with Gasteiger partial charge in [-0.3, -0.25) is 9.69 Å². The Morgan fingerprint density at radius 3 is 2.41 bits per heavy atom. The van der Waals surface area contributed by atoms with Crippen LogP contribution in [0.4, 0.5) is 0 Å². The number of rotatable bonds is 6. The predicted octanol–water partition coefficient (Wildman–Crippen LogP) is 0.360. The van der Waals surface area contributed by atoms with Crippen molar-refractivity contribution in [3.63, 3.8) is 0 Å². The van der Waals surface area contributed by atoms with Gasteiger partial charge in [-0.2, -0.15) is 0 Å². The van der Waals surface area contributed by atoms with Gasteiger partial charge in [-0.05, 0) is 13.0 Å². The normalized spacial score (nSPS) is 22.3. The standard InChI is InChI=1S/C12H24N2O3/c1-10(9-17-3)11(8-12(15)16)14-6-4-13(2)5-7-14/h10-11H,4-9H2,1-3H3,(H,15,16). The number of aliphatic carboxylic acids is 1. The Hall–Kier alpha value is -0.650. The molecule has 1 rings (SSSR count). The third-order valence-electron chi connectivity index (χ3n) is 3.48. The lowest BCUT2D eigenvalue weighted by atomic mass is 9.97. The van der Waals surface area contributed by atoms with E-state index in [1.165, 1.54) is 0 Å². The van der Waals surface area contributed by atoms with Crippen molar-refractivity contribution in [2.24, 2.45) is 5.92 Å². The Labute approximate surface area is 103 Å². The number of likely N-dealkylation sites (N-methyl/N-ethyl adjacent to an activating group) is 1. The molecule has 1 aliphatic heterocycles. The number of carboxylic acids is 1. The maximum Gasteiger partial charge on any atom is 0.304 e. The van der Waals surface area contributed by atoms with Gasteiger partial charge in [0, 0.05) is 39.3 Å². The van der Waals surface area contributed by atoms with Crippen molar-refractivity contribution in [3.05, 3.63) is 0 Å². The Morgan fingerprint density at radius 1 is 1.35 bits per heavy atom. The largest absolute Gasteiger partial charge is 0.481 e. The molecule has 100 valence electrons. The monoisotopic (exact) mass is 244 g/mol. The SMILES string of the molecule is COCC(C)C(CC(=O)O)N1CCN(C)CC1. The highest BCUT2D eigenvalue weighted by Crippen LogP contribution is 2.17. The van der Waals surface area contributed by atoms with Crippen LogP contribution in [0.3, 0.4) is 0 Å². The van der Waals surface area contributed by atoms with Crippen molar-refractivity contribution in [3.8, 4) is 0 Å². The van der Waals surface area contributed by atoms with Gasteiger partial charge in [0.25, 0.3) is 0 Å². The lowest BCUT2D eigenvalue weighted by Crippen LogP contribution is -2.52. The molecule has 0 aromatic carbocycles. The highest BCUT2D eigenvalue weighted by atomic mass is 16.5. The van der Waals surface area contributed by atoms with E-state index >= 15 is 0 Å². The number of carbonyl (C=O) groups is 1. The third kappa shape index (κ3) is 4.61. The first-order valence-electron chi connectivity index (χ1n) is 6.18. The number of methoxy groups -OCH3 is 1. The second-order valence-corrected chi connectivity index (χ2v) is 4.94. The maximum absolute atomic E-state index is 10.9. The van der Waals surface area contributed by atoms with Crippen LogP contribution in [-0.2, 0) is 9.53 Å². The van der Waals surface area contributed by atoms with Gasteiger partial charge in [-0.25, -0.2) is 0 Å². The summed E-state index contributed by atoms with van der Waals surface area (Å²) in [6.07, 6.45) is 0.203. The smallest absolute Gasteiger partial charge is 0.304 e. The quantitative estimate of drug-likeness (QED) is 0.731. The average Bonchev–Trinajstić information content (AvgIpc) is 2.27. The average molecular weight is 244 g/mol. The van der Waals surface area contributed by atoms with Gasteiger partial charge in [0.1, 0.15) is 0 Å².